The maximum Gasteiger partial charge on any atom is 0.341 e. The Balaban J connectivity index is 2.19. The third-order valence-electron chi connectivity index (χ3n) is 3.38. The minimum absolute atomic E-state index is 0.130. The Hall–Kier alpha value is -3.42. The predicted molar refractivity (Wildman–Crippen MR) is 79.1 cm³/mol. The number of pyridine rings is 1. The number of ether oxygens (including phenoxy) is 1. The van der Waals surface area contributed by atoms with Gasteiger partial charge >= 0.3 is 11.9 Å². The molecule has 0 radical (unpaired) electrons. The highest BCUT2D eigenvalue weighted by molar-refractivity contribution is 5.96. The number of fused-ring (bicyclic) bond motifs is 1. The number of carbonyl (C=O) groups excluding carboxylic acids is 1. The monoisotopic (exact) mass is 313 g/mol. The van der Waals surface area contributed by atoms with Crippen molar-refractivity contribution in [2.45, 2.75) is 0 Å². The first-order valence-electron chi connectivity index (χ1n) is 6.53. The van der Waals surface area contributed by atoms with E-state index < -0.39 is 17.5 Å². The zero-order valence-corrected chi connectivity index (χ0v) is 11.9. The van der Waals surface area contributed by atoms with E-state index in [0.29, 0.717) is 5.69 Å². The van der Waals surface area contributed by atoms with Gasteiger partial charge < -0.3 is 14.4 Å². The summed E-state index contributed by atoms with van der Waals surface area (Å²) in [4.78, 5) is 34.6. The lowest BCUT2D eigenvalue weighted by molar-refractivity contribution is 0.0599. The Morgan fingerprint density at radius 1 is 1.22 bits per heavy atom. The van der Waals surface area contributed by atoms with Gasteiger partial charge in [-0.3, -0.25) is 4.79 Å². The molecule has 116 valence electrons. The molecule has 0 aliphatic carbocycles. The molecule has 0 unspecified atom stereocenters. The molecule has 0 atom stereocenters. The van der Waals surface area contributed by atoms with E-state index in [1.54, 1.807) is 12.1 Å². The summed E-state index contributed by atoms with van der Waals surface area (Å²) in [5, 5.41) is 15.0. The maximum atomic E-state index is 11.9. The molecule has 2 heterocycles. The van der Waals surface area contributed by atoms with Gasteiger partial charge in [-0.1, -0.05) is 0 Å². The van der Waals surface area contributed by atoms with Crippen molar-refractivity contribution in [2.24, 2.45) is 0 Å². The molecule has 3 rings (SSSR count). The van der Waals surface area contributed by atoms with Crippen LogP contribution in [0.15, 0.2) is 41.5 Å². The lowest BCUT2D eigenvalue weighted by atomic mass is 10.1. The van der Waals surface area contributed by atoms with Crippen LogP contribution in [0.3, 0.4) is 0 Å². The Kier molecular flexibility index (Phi) is 3.41. The second-order valence-electron chi connectivity index (χ2n) is 4.74. The molecule has 8 heteroatoms. The van der Waals surface area contributed by atoms with Crippen molar-refractivity contribution in [3.05, 3.63) is 58.1 Å². The van der Waals surface area contributed by atoms with Crippen molar-refractivity contribution in [1.29, 1.82) is 0 Å². The zero-order valence-electron chi connectivity index (χ0n) is 11.9. The Bertz CT molecular complexity index is 923. The Morgan fingerprint density at radius 3 is 2.52 bits per heavy atom. The highest BCUT2D eigenvalue weighted by Crippen LogP contribution is 2.23. The number of aromatic amines is 1. The minimum atomic E-state index is -1.04. The van der Waals surface area contributed by atoms with Gasteiger partial charge in [0.2, 0.25) is 0 Å². The molecule has 23 heavy (non-hydrogen) atoms. The highest BCUT2D eigenvalue weighted by atomic mass is 16.5. The van der Waals surface area contributed by atoms with E-state index in [-0.39, 0.29) is 22.4 Å². The normalized spacial score (nSPS) is 10.7. The summed E-state index contributed by atoms with van der Waals surface area (Å²) in [6, 6.07) is 6.00. The molecular formula is C15H11N3O5. The second-order valence-corrected chi connectivity index (χ2v) is 4.74. The number of aromatic nitrogens is 3. The molecule has 0 bridgehead atoms. The largest absolute Gasteiger partial charge is 0.478 e. The number of aromatic carboxylic acids is 1. The van der Waals surface area contributed by atoms with Gasteiger partial charge in [0, 0.05) is 18.1 Å². The van der Waals surface area contributed by atoms with Crippen LogP contribution in [-0.2, 0) is 4.74 Å². The summed E-state index contributed by atoms with van der Waals surface area (Å²) in [5.74, 6) is -1.66. The van der Waals surface area contributed by atoms with Gasteiger partial charge in [0.1, 0.15) is 11.3 Å². The summed E-state index contributed by atoms with van der Waals surface area (Å²) in [5.41, 5.74) is 0.877. The van der Waals surface area contributed by atoms with Crippen molar-refractivity contribution in [3.8, 4) is 16.9 Å². The smallest absolute Gasteiger partial charge is 0.341 e. The number of benzene rings is 1. The molecule has 0 amide bonds. The number of H-pyrrole nitrogens is 1. The number of methoxy groups -OCH3 is 1. The molecule has 2 N–H and O–H groups in total. The lowest BCUT2D eigenvalue weighted by Gasteiger charge is -2.12. The number of carbonyl (C=O) groups is 2. The van der Waals surface area contributed by atoms with E-state index in [2.05, 4.69) is 10.2 Å². The molecule has 0 fully saturated rings. The van der Waals surface area contributed by atoms with E-state index in [0.717, 1.165) is 0 Å². The fourth-order valence-electron chi connectivity index (χ4n) is 2.22. The quantitative estimate of drug-likeness (QED) is 0.701. The van der Waals surface area contributed by atoms with Crippen molar-refractivity contribution in [3.63, 3.8) is 0 Å². The summed E-state index contributed by atoms with van der Waals surface area (Å²) in [7, 11) is 1.23. The van der Waals surface area contributed by atoms with Crippen molar-refractivity contribution in [2.75, 3.05) is 7.11 Å². The molecule has 1 aromatic rings. The molecular weight excluding hydrogens is 302 g/mol. The van der Waals surface area contributed by atoms with E-state index >= 15 is 0 Å². The third kappa shape index (κ3) is 2.46. The maximum absolute atomic E-state index is 11.9. The van der Waals surface area contributed by atoms with Crippen molar-refractivity contribution >= 4 is 11.9 Å². The van der Waals surface area contributed by atoms with Gasteiger partial charge in [-0.15, -0.1) is 0 Å². The number of carboxylic acid groups (broad SMARTS) is 1. The summed E-state index contributed by atoms with van der Waals surface area (Å²) in [6.45, 7) is 0. The predicted octanol–water partition coefficient (Wildman–Crippen LogP) is 1.15. The average molecular weight is 313 g/mol. The van der Waals surface area contributed by atoms with Gasteiger partial charge in [0.25, 0.3) is 5.56 Å². The molecule has 8 nitrogen and oxygen atoms in total. The van der Waals surface area contributed by atoms with Gasteiger partial charge in [-0.25, -0.2) is 14.7 Å². The molecule has 0 saturated carbocycles. The van der Waals surface area contributed by atoms with E-state index in [1.807, 2.05) is 0 Å². The number of nitrogens with zero attached hydrogens (tertiary/aromatic N) is 2. The van der Waals surface area contributed by atoms with E-state index in [4.69, 9.17) is 9.84 Å². The molecule has 2 aliphatic rings. The van der Waals surface area contributed by atoms with Crippen LogP contribution >= 0.6 is 0 Å². The van der Waals surface area contributed by atoms with Crippen molar-refractivity contribution < 1.29 is 19.4 Å². The highest BCUT2D eigenvalue weighted by Gasteiger charge is 2.22. The van der Waals surface area contributed by atoms with Gasteiger partial charge in [-0.2, -0.15) is 5.10 Å². The van der Waals surface area contributed by atoms with Crippen LogP contribution in [0.2, 0.25) is 0 Å². The summed E-state index contributed by atoms with van der Waals surface area (Å²) >= 11 is 0. The van der Waals surface area contributed by atoms with Crippen LogP contribution in [0.25, 0.3) is 16.9 Å². The fourth-order valence-corrected chi connectivity index (χ4v) is 2.22. The first kappa shape index (κ1) is 14.5. The molecule has 0 aromatic heterocycles. The first-order chi connectivity index (χ1) is 11.0. The average Bonchev–Trinajstić information content (AvgIpc) is 2.94. The van der Waals surface area contributed by atoms with Crippen LogP contribution in [0.5, 0.6) is 0 Å². The lowest BCUT2D eigenvalue weighted by Crippen LogP contribution is -2.11. The topological polar surface area (TPSA) is 114 Å². The third-order valence-corrected chi connectivity index (χ3v) is 3.38. The van der Waals surface area contributed by atoms with E-state index in [1.165, 1.54) is 36.2 Å². The van der Waals surface area contributed by atoms with Crippen LogP contribution in [-0.4, -0.2) is 38.9 Å². The van der Waals surface area contributed by atoms with Gasteiger partial charge in [-0.05, 0) is 24.3 Å². The summed E-state index contributed by atoms with van der Waals surface area (Å²) < 4.78 is 6.25. The second kappa shape index (κ2) is 5.41. The standard InChI is InChI=1S/C15H11N3O5/c1-23-15(22)11-7-18(6-10-12(11)16-17-13(10)19)9-4-2-8(3-5-9)14(20)21/h2-7H,1H3,(H,17,19)(H,20,21). The summed E-state index contributed by atoms with van der Waals surface area (Å²) in [6.07, 6.45) is 2.99. The number of nitrogens with one attached hydrogen (secondary N) is 1. The van der Waals surface area contributed by atoms with Crippen LogP contribution in [0.1, 0.15) is 20.7 Å². The molecule has 1 aromatic carbocycles. The number of hydrogen-bond acceptors (Lipinski definition) is 5. The Labute approximate surface area is 129 Å². The molecule has 2 aliphatic heterocycles. The molecule has 0 spiro atoms. The number of esters is 1. The van der Waals surface area contributed by atoms with Crippen LogP contribution < -0.4 is 5.56 Å². The minimum Gasteiger partial charge on any atom is -0.478 e. The Morgan fingerprint density at radius 2 is 1.91 bits per heavy atom. The number of carboxylic acids is 1. The van der Waals surface area contributed by atoms with E-state index in [9.17, 15) is 14.4 Å². The zero-order chi connectivity index (χ0) is 16.6. The van der Waals surface area contributed by atoms with Crippen LogP contribution in [0, 0.1) is 0 Å². The number of hydrogen-bond donors (Lipinski definition) is 2. The van der Waals surface area contributed by atoms with Crippen molar-refractivity contribution in [1.82, 2.24) is 14.8 Å². The number of rotatable bonds is 3. The SMILES string of the molecule is COC(=O)c1cn(-c2ccc(C(=O)O)cc2)cc2c(=O)[nH]nc1-2. The van der Waals surface area contributed by atoms with Gasteiger partial charge in [0.05, 0.1) is 18.2 Å². The first-order valence-corrected chi connectivity index (χ1v) is 6.53. The van der Waals surface area contributed by atoms with Crippen LogP contribution in [0.4, 0.5) is 0 Å². The fraction of sp³-hybridized carbons (Fsp3) is 0.0667. The molecule has 0 saturated heterocycles. The van der Waals surface area contributed by atoms with Gasteiger partial charge in [0.15, 0.2) is 0 Å².